The first kappa shape index (κ1) is 24.6. The van der Waals surface area contributed by atoms with E-state index in [-0.39, 0.29) is 38.3 Å². The molecule has 0 bridgehead atoms. The normalized spacial score (nSPS) is 10.2. The van der Waals surface area contributed by atoms with Crippen LogP contribution in [-0.4, -0.2) is 61.7 Å². The molecule has 0 saturated heterocycles. The van der Waals surface area contributed by atoms with Gasteiger partial charge in [-0.05, 0) is 29.8 Å². The maximum absolute atomic E-state index is 10.4. The molecule has 0 aliphatic carbocycles. The van der Waals surface area contributed by atoms with Crippen molar-refractivity contribution in [1.29, 1.82) is 0 Å². The van der Waals surface area contributed by atoms with Crippen LogP contribution in [0.5, 0.6) is 0 Å². The van der Waals surface area contributed by atoms with Gasteiger partial charge < -0.3 is 19.9 Å². The molecule has 0 fully saturated rings. The van der Waals surface area contributed by atoms with Crippen LogP contribution in [0.25, 0.3) is 21.8 Å². The summed E-state index contributed by atoms with van der Waals surface area (Å²) in [5, 5.41) is 12.5. The molecule has 0 aliphatic heterocycles. The van der Waals surface area contributed by atoms with Gasteiger partial charge in [0.15, 0.2) is 0 Å². The van der Waals surface area contributed by atoms with E-state index >= 15 is 0 Å². The van der Waals surface area contributed by atoms with E-state index in [2.05, 4.69) is 34.2 Å². The van der Waals surface area contributed by atoms with Crippen LogP contribution in [0.3, 0.4) is 0 Å². The zero-order valence-electron chi connectivity index (χ0n) is 14.8. The van der Waals surface area contributed by atoms with Crippen LogP contribution in [0.1, 0.15) is 10.4 Å². The number of aromatic carboxylic acids is 1. The molecule has 0 atom stereocenters. The average molecular weight is 606 g/mol. The second-order valence-corrected chi connectivity index (χ2v) is 6.86. The van der Waals surface area contributed by atoms with Gasteiger partial charge in [-0.15, -0.1) is 0 Å². The number of fused-ring (bicyclic) bond motifs is 3. The molecule has 146 valence electrons. The largest absolute Gasteiger partial charge is 2.00 e. The molecule has 2 heterocycles. The van der Waals surface area contributed by atoms with Crippen LogP contribution in [0.15, 0.2) is 78.0 Å². The van der Waals surface area contributed by atoms with Gasteiger partial charge in [0.1, 0.15) is 10.1 Å². The summed E-state index contributed by atoms with van der Waals surface area (Å²) in [7, 11) is -4.60. The minimum Gasteiger partial charge on any atom is -0.744 e. The Kier molecular flexibility index (Phi) is 8.76. The van der Waals surface area contributed by atoms with Crippen molar-refractivity contribution in [2.24, 2.45) is 0 Å². The van der Waals surface area contributed by atoms with Crippen LogP contribution in [0.4, 0.5) is 0 Å². The first-order valence-corrected chi connectivity index (χ1v) is 9.13. The van der Waals surface area contributed by atoms with E-state index in [0.29, 0.717) is 0 Å². The van der Waals surface area contributed by atoms with Crippen molar-refractivity contribution >= 4 is 65.2 Å². The van der Waals surface area contributed by atoms with Crippen molar-refractivity contribution in [3.8, 4) is 0 Å². The zero-order valence-corrected chi connectivity index (χ0v) is 19.5. The average Bonchev–Trinajstić information content (AvgIpc) is 2.68. The number of hydrogen-bond donors (Lipinski definition) is 0. The fourth-order valence-electron chi connectivity index (χ4n) is 2.46. The Morgan fingerprint density at radius 3 is 1.79 bits per heavy atom. The van der Waals surface area contributed by atoms with E-state index in [0.717, 1.165) is 46.1 Å². The van der Waals surface area contributed by atoms with E-state index in [1.807, 2.05) is 12.1 Å². The third-order valence-electron chi connectivity index (χ3n) is 3.70. The Hall–Kier alpha value is -2.48. The Morgan fingerprint density at radius 1 is 0.828 bits per heavy atom. The summed E-state index contributed by atoms with van der Waals surface area (Å²) in [4.78, 5) is 18.4. The number of rotatable bonds is 2. The molecule has 29 heavy (non-hydrogen) atoms. The van der Waals surface area contributed by atoms with Crippen molar-refractivity contribution < 1.29 is 28.3 Å². The van der Waals surface area contributed by atoms with Crippen LogP contribution >= 0.6 is 0 Å². The van der Waals surface area contributed by atoms with E-state index < -0.39 is 21.0 Å². The van der Waals surface area contributed by atoms with Crippen molar-refractivity contribution in [1.82, 2.24) is 9.97 Å². The summed E-state index contributed by atoms with van der Waals surface area (Å²) in [5.74, 6) is -1.52. The topological polar surface area (TPSA) is 155 Å². The Bertz CT molecular complexity index is 1190. The van der Waals surface area contributed by atoms with Gasteiger partial charge in [0.2, 0.25) is 0 Å². The van der Waals surface area contributed by atoms with E-state index in [9.17, 15) is 22.9 Å². The number of benzene rings is 2. The van der Waals surface area contributed by atoms with E-state index in [1.54, 1.807) is 12.4 Å². The third-order valence-corrected chi connectivity index (χ3v) is 4.53. The summed E-state index contributed by atoms with van der Waals surface area (Å²) < 4.78 is 31.3. The fourth-order valence-corrected chi connectivity index (χ4v) is 2.97. The number of carbonyl (C=O) groups excluding carboxylic acids is 1. The Labute approximate surface area is 186 Å². The zero-order chi connectivity index (χ0) is 19.4. The summed E-state index contributed by atoms with van der Waals surface area (Å²) in [5.41, 5.74) is 1.62. The summed E-state index contributed by atoms with van der Waals surface area (Å²) in [6.45, 7) is 0. The number of hydrogen-bond acceptors (Lipinski definition) is 7. The maximum atomic E-state index is 10.4. The molecule has 2 radical (unpaired) electrons. The summed E-state index contributed by atoms with van der Waals surface area (Å²) in [6.07, 6.45) is 3.60. The van der Waals surface area contributed by atoms with Crippen molar-refractivity contribution in [2.75, 3.05) is 0 Å². The predicted molar refractivity (Wildman–Crippen MR) is 105 cm³/mol. The molecule has 2 N–H and O–H groups in total. The SMILES string of the molecule is O.O=C([O-])c1cccc(S(=O)(=O)[O-])c1.[Pb+2].c1cnc2c(c1)ccc1cccnc12. The predicted octanol–water partition coefficient (Wildman–Crippen LogP) is 0.532. The molecule has 2 aromatic carbocycles. The standard InChI is InChI=1S/C12H8N2.C7H6O5S.H2O.Pb/c1-3-9-5-6-10-4-2-8-14-12(10)11(9)13-7-1;8-7(9)5-2-1-3-6(4-5)13(10,11)12;;/h1-8H;1-4H,(H,8,9)(H,10,11,12);1H2;/q;;;+2/p-2. The van der Waals surface area contributed by atoms with Crippen LogP contribution < -0.4 is 5.11 Å². The van der Waals surface area contributed by atoms with Gasteiger partial charge in [-0.1, -0.05) is 36.4 Å². The molecule has 0 amide bonds. The fraction of sp³-hybridized carbons (Fsp3) is 0. The minimum atomic E-state index is -4.60. The number of carboxylic acids is 1. The number of aromatic nitrogens is 2. The van der Waals surface area contributed by atoms with Crippen molar-refractivity contribution in [3.63, 3.8) is 0 Å². The van der Waals surface area contributed by atoms with Crippen molar-refractivity contribution in [2.45, 2.75) is 4.90 Å². The third kappa shape index (κ3) is 6.00. The number of pyridine rings is 2. The van der Waals surface area contributed by atoms with Gasteiger partial charge in [-0.2, -0.15) is 0 Å². The first-order chi connectivity index (χ1) is 12.9. The number of carbonyl (C=O) groups is 1. The van der Waals surface area contributed by atoms with Gasteiger partial charge in [0.25, 0.3) is 0 Å². The molecule has 10 heteroatoms. The summed E-state index contributed by atoms with van der Waals surface area (Å²) in [6, 6.07) is 16.2. The molecule has 4 rings (SSSR count). The first-order valence-electron chi connectivity index (χ1n) is 7.72. The van der Waals surface area contributed by atoms with Crippen molar-refractivity contribution in [3.05, 3.63) is 78.6 Å². The molecule has 8 nitrogen and oxygen atoms in total. The molecular formula is C19H14N2O6PbS. The van der Waals surface area contributed by atoms with Gasteiger partial charge in [-0.25, -0.2) is 8.42 Å². The molecule has 0 unspecified atom stereocenters. The van der Waals surface area contributed by atoms with Gasteiger partial charge in [0, 0.05) is 23.2 Å². The molecule has 0 aliphatic rings. The second kappa shape index (κ2) is 10.3. The van der Waals surface area contributed by atoms with Gasteiger partial charge in [0.05, 0.1) is 21.9 Å². The smallest absolute Gasteiger partial charge is 0.744 e. The van der Waals surface area contributed by atoms with Gasteiger partial charge in [-0.3, -0.25) is 9.97 Å². The summed E-state index contributed by atoms with van der Waals surface area (Å²) >= 11 is 0. The number of nitrogens with zero attached hydrogens (tertiary/aromatic N) is 2. The van der Waals surface area contributed by atoms with Gasteiger partial charge >= 0.3 is 27.3 Å². The Morgan fingerprint density at radius 2 is 1.34 bits per heavy atom. The minimum absolute atomic E-state index is 0. The quantitative estimate of drug-likeness (QED) is 0.183. The molecular weight excluding hydrogens is 591 g/mol. The van der Waals surface area contributed by atoms with E-state index in [1.165, 1.54) is 0 Å². The maximum Gasteiger partial charge on any atom is 2.00 e. The molecule has 2 aromatic heterocycles. The molecule has 0 spiro atoms. The Balaban J connectivity index is 0.000000272. The second-order valence-electron chi connectivity index (χ2n) is 5.49. The van der Waals surface area contributed by atoms with Crippen LogP contribution in [0, 0.1) is 0 Å². The number of carboxylic acid groups (broad SMARTS) is 1. The molecule has 0 saturated carbocycles. The van der Waals surface area contributed by atoms with E-state index in [4.69, 9.17) is 0 Å². The molecule has 4 aromatic rings. The van der Waals surface area contributed by atoms with Crippen LogP contribution in [0.2, 0.25) is 0 Å². The van der Waals surface area contributed by atoms with Crippen LogP contribution in [-0.2, 0) is 10.1 Å². The monoisotopic (exact) mass is 606 g/mol.